The number of rotatable bonds is 5. The third-order valence-corrected chi connectivity index (χ3v) is 5.06. The van der Waals surface area contributed by atoms with Crippen molar-refractivity contribution in [1.82, 2.24) is 20.9 Å². The molecule has 1 aliphatic rings. The Bertz CT molecular complexity index is 818. The zero-order valence-corrected chi connectivity index (χ0v) is 16.1. The van der Waals surface area contributed by atoms with Crippen molar-refractivity contribution in [3.05, 3.63) is 48.0 Å². The van der Waals surface area contributed by atoms with Crippen molar-refractivity contribution >= 4 is 22.8 Å². The van der Waals surface area contributed by atoms with Gasteiger partial charge in [0.15, 0.2) is 0 Å². The SMILES string of the molecule is CCNC(=O)N1CCC(NC(=O)NCC(O)c2ccc3ccccc3c2)CC1. The molecule has 4 amide bonds. The van der Waals surface area contributed by atoms with E-state index in [1.165, 1.54) is 0 Å². The van der Waals surface area contributed by atoms with Gasteiger partial charge in [-0.15, -0.1) is 0 Å². The van der Waals surface area contributed by atoms with Crippen molar-refractivity contribution in [2.45, 2.75) is 31.9 Å². The molecule has 2 aromatic carbocycles. The largest absolute Gasteiger partial charge is 0.387 e. The predicted octanol–water partition coefficient (Wildman–Crippen LogP) is 2.37. The highest BCUT2D eigenvalue weighted by Crippen LogP contribution is 2.20. The molecule has 7 heteroatoms. The van der Waals surface area contributed by atoms with Gasteiger partial charge in [0.2, 0.25) is 0 Å². The van der Waals surface area contributed by atoms with Gasteiger partial charge in [0.25, 0.3) is 0 Å². The van der Waals surface area contributed by atoms with Crippen molar-refractivity contribution in [3.63, 3.8) is 0 Å². The van der Waals surface area contributed by atoms with Crippen LogP contribution in [0.15, 0.2) is 42.5 Å². The molecule has 1 unspecified atom stereocenters. The summed E-state index contributed by atoms with van der Waals surface area (Å²) in [6, 6.07) is 13.4. The van der Waals surface area contributed by atoms with E-state index in [-0.39, 0.29) is 24.6 Å². The Morgan fingerprint density at radius 3 is 2.54 bits per heavy atom. The zero-order valence-electron chi connectivity index (χ0n) is 16.1. The molecule has 0 bridgehead atoms. The lowest BCUT2D eigenvalue weighted by Crippen LogP contribution is -2.51. The molecule has 0 aromatic heterocycles. The lowest BCUT2D eigenvalue weighted by atomic mass is 10.0. The summed E-state index contributed by atoms with van der Waals surface area (Å²) in [5.74, 6) is 0. The van der Waals surface area contributed by atoms with Crippen LogP contribution in [0.3, 0.4) is 0 Å². The molecule has 0 saturated carbocycles. The summed E-state index contributed by atoms with van der Waals surface area (Å²) >= 11 is 0. The number of nitrogens with one attached hydrogen (secondary N) is 3. The number of nitrogens with zero attached hydrogens (tertiary/aromatic N) is 1. The fourth-order valence-electron chi connectivity index (χ4n) is 3.45. The summed E-state index contributed by atoms with van der Waals surface area (Å²) in [6.07, 6.45) is 0.671. The number of carbonyl (C=O) groups is 2. The summed E-state index contributed by atoms with van der Waals surface area (Å²) < 4.78 is 0. The van der Waals surface area contributed by atoms with E-state index in [1.54, 1.807) is 4.90 Å². The third kappa shape index (κ3) is 5.13. The maximum Gasteiger partial charge on any atom is 0.317 e. The van der Waals surface area contributed by atoms with Crippen LogP contribution < -0.4 is 16.0 Å². The van der Waals surface area contributed by atoms with E-state index in [4.69, 9.17) is 0 Å². The van der Waals surface area contributed by atoms with E-state index in [0.717, 1.165) is 29.2 Å². The average Bonchev–Trinajstić information content (AvgIpc) is 2.72. The third-order valence-electron chi connectivity index (χ3n) is 5.06. The Hall–Kier alpha value is -2.80. The Labute approximate surface area is 165 Å². The summed E-state index contributed by atoms with van der Waals surface area (Å²) in [5.41, 5.74) is 0.772. The summed E-state index contributed by atoms with van der Waals surface area (Å²) in [5, 5.41) is 21.0. The van der Waals surface area contributed by atoms with Gasteiger partial charge in [0.05, 0.1) is 6.10 Å². The molecule has 1 saturated heterocycles. The Morgan fingerprint density at radius 2 is 1.82 bits per heavy atom. The van der Waals surface area contributed by atoms with E-state index in [9.17, 15) is 14.7 Å². The molecule has 1 fully saturated rings. The van der Waals surface area contributed by atoms with Crippen LogP contribution >= 0.6 is 0 Å². The van der Waals surface area contributed by atoms with Gasteiger partial charge in [0, 0.05) is 32.2 Å². The molecule has 4 N–H and O–H groups in total. The van der Waals surface area contributed by atoms with Crippen LogP contribution in [0.4, 0.5) is 9.59 Å². The molecule has 0 spiro atoms. The van der Waals surface area contributed by atoms with Gasteiger partial charge in [0.1, 0.15) is 0 Å². The molecule has 3 rings (SSSR count). The van der Waals surface area contributed by atoms with Crippen LogP contribution in [-0.2, 0) is 0 Å². The number of benzene rings is 2. The number of fused-ring (bicyclic) bond motifs is 1. The number of likely N-dealkylation sites (tertiary alicyclic amines) is 1. The van der Waals surface area contributed by atoms with Gasteiger partial charge in [-0.25, -0.2) is 9.59 Å². The Kier molecular flexibility index (Phi) is 6.71. The quantitative estimate of drug-likeness (QED) is 0.638. The fraction of sp³-hybridized carbons (Fsp3) is 0.429. The first-order valence-corrected chi connectivity index (χ1v) is 9.80. The number of aliphatic hydroxyl groups is 1. The Balaban J connectivity index is 1.43. The smallest absolute Gasteiger partial charge is 0.317 e. The fourth-order valence-corrected chi connectivity index (χ4v) is 3.45. The summed E-state index contributed by atoms with van der Waals surface area (Å²) in [7, 11) is 0. The predicted molar refractivity (Wildman–Crippen MR) is 109 cm³/mol. The van der Waals surface area contributed by atoms with Crippen LogP contribution in [0.25, 0.3) is 10.8 Å². The zero-order chi connectivity index (χ0) is 19.9. The van der Waals surface area contributed by atoms with Gasteiger partial charge in [-0.2, -0.15) is 0 Å². The number of aliphatic hydroxyl groups excluding tert-OH is 1. The van der Waals surface area contributed by atoms with E-state index >= 15 is 0 Å². The van der Waals surface area contributed by atoms with Crippen LogP contribution in [0.2, 0.25) is 0 Å². The van der Waals surface area contributed by atoms with Crippen molar-refractivity contribution in [2.75, 3.05) is 26.2 Å². The van der Waals surface area contributed by atoms with Gasteiger partial charge in [-0.05, 0) is 42.2 Å². The average molecular weight is 384 g/mol. The standard InChI is InChI=1S/C21H28N4O3/c1-2-22-21(28)25-11-9-18(10-12-25)24-20(27)23-14-19(26)17-8-7-15-5-3-4-6-16(15)13-17/h3-8,13,18-19,26H,2,9-12,14H2,1H3,(H,22,28)(H2,23,24,27). The molecule has 150 valence electrons. The van der Waals surface area contributed by atoms with Crippen molar-refractivity contribution in [1.29, 1.82) is 0 Å². The minimum atomic E-state index is -0.769. The first-order chi connectivity index (χ1) is 13.6. The molecular formula is C21H28N4O3. The monoisotopic (exact) mass is 384 g/mol. The minimum absolute atomic E-state index is 0.0310. The topological polar surface area (TPSA) is 93.7 Å². The number of urea groups is 2. The van der Waals surface area contributed by atoms with E-state index in [0.29, 0.717) is 19.6 Å². The number of piperidine rings is 1. The minimum Gasteiger partial charge on any atom is -0.387 e. The first kappa shape index (κ1) is 19.9. The lowest BCUT2D eigenvalue weighted by Gasteiger charge is -2.32. The number of carbonyl (C=O) groups excluding carboxylic acids is 2. The molecule has 2 aromatic rings. The van der Waals surface area contributed by atoms with Crippen molar-refractivity contribution in [2.24, 2.45) is 0 Å². The van der Waals surface area contributed by atoms with Crippen molar-refractivity contribution < 1.29 is 14.7 Å². The second kappa shape index (κ2) is 9.41. The van der Waals surface area contributed by atoms with Crippen LogP contribution in [-0.4, -0.2) is 54.3 Å². The highest BCUT2D eigenvalue weighted by Gasteiger charge is 2.23. The van der Waals surface area contributed by atoms with Crippen molar-refractivity contribution in [3.8, 4) is 0 Å². The lowest BCUT2D eigenvalue weighted by molar-refractivity contribution is 0.167. The van der Waals surface area contributed by atoms with Crippen LogP contribution in [0, 0.1) is 0 Å². The molecular weight excluding hydrogens is 356 g/mol. The van der Waals surface area contributed by atoms with E-state index in [1.807, 2.05) is 49.4 Å². The molecule has 0 radical (unpaired) electrons. The second-order valence-electron chi connectivity index (χ2n) is 7.07. The first-order valence-electron chi connectivity index (χ1n) is 9.80. The Morgan fingerprint density at radius 1 is 1.11 bits per heavy atom. The number of hydrogen-bond acceptors (Lipinski definition) is 3. The highest BCUT2D eigenvalue weighted by atomic mass is 16.3. The molecule has 1 heterocycles. The molecule has 1 atom stereocenters. The molecule has 28 heavy (non-hydrogen) atoms. The summed E-state index contributed by atoms with van der Waals surface area (Å²) in [4.78, 5) is 25.7. The van der Waals surface area contributed by atoms with Gasteiger partial charge < -0.3 is 26.0 Å². The maximum atomic E-state index is 12.2. The van der Waals surface area contributed by atoms with Gasteiger partial charge in [-0.1, -0.05) is 36.4 Å². The highest BCUT2D eigenvalue weighted by molar-refractivity contribution is 5.83. The summed E-state index contributed by atoms with van der Waals surface area (Å²) in [6.45, 7) is 3.89. The van der Waals surface area contributed by atoms with Crippen LogP contribution in [0.1, 0.15) is 31.4 Å². The van der Waals surface area contributed by atoms with E-state index < -0.39 is 6.10 Å². The number of hydrogen-bond donors (Lipinski definition) is 4. The molecule has 7 nitrogen and oxygen atoms in total. The van der Waals surface area contributed by atoms with Gasteiger partial charge >= 0.3 is 12.1 Å². The normalized spacial score (nSPS) is 15.9. The molecule has 1 aliphatic heterocycles. The van der Waals surface area contributed by atoms with E-state index in [2.05, 4.69) is 16.0 Å². The molecule has 0 aliphatic carbocycles. The maximum absolute atomic E-state index is 12.2. The number of amides is 4. The van der Waals surface area contributed by atoms with Crippen LogP contribution in [0.5, 0.6) is 0 Å². The van der Waals surface area contributed by atoms with Gasteiger partial charge in [-0.3, -0.25) is 0 Å². The second-order valence-corrected chi connectivity index (χ2v) is 7.07.